The maximum absolute atomic E-state index is 12.9. The van der Waals surface area contributed by atoms with Crippen LogP contribution in [0.5, 0.6) is 0 Å². The van der Waals surface area contributed by atoms with E-state index in [2.05, 4.69) is 50.3 Å². The normalized spacial score (nSPS) is 18.3. The summed E-state index contributed by atoms with van der Waals surface area (Å²) in [5.41, 5.74) is 5.02. The van der Waals surface area contributed by atoms with Gasteiger partial charge in [0.15, 0.2) is 5.69 Å². The number of rotatable bonds is 5. The first-order chi connectivity index (χ1) is 17.0. The van der Waals surface area contributed by atoms with Crippen LogP contribution in [0.4, 0.5) is 5.69 Å². The molecule has 8 nitrogen and oxygen atoms in total. The summed E-state index contributed by atoms with van der Waals surface area (Å²) >= 11 is 0. The molecule has 3 aromatic heterocycles. The number of aromatic nitrogens is 4. The number of pyridine rings is 2. The summed E-state index contributed by atoms with van der Waals surface area (Å²) in [5, 5.41) is 19.6. The van der Waals surface area contributed by atoms with Gasteiger partial charge in [-0.15, -0.1) is 0 Å². The Morgan fingerprint density at radius 1 is 1.11 bits per heavy atom. The van der Waals surface area contributed by atoms with E-state index in [1.807, 2.05) is 36.7 Å². The first kappa shape index (κ1) is 22.7. The zero-order valence-electron chi connectivity index (χ0n) is 19.8. The van der Waals surface area contributed by atoms with Gasteiger partial charge in [0.1, 0.15) is 11.8 Å². The van der Waals surface area contributed by atoms with Gasteiger partial charge in [-0.25, -0.2) is 4.98 Å². The highest BCUT2D eigenvalue weighted by Crippen LogP contribution is 2.28. The number of anilines is 1. The van der Waals surface area contributed by atoms with Crippen molar-refractivity contribution in [1.82, 2.24) is 25.1 Å². The predicted octanol–water partition coefficient (Wildman–Crippen LogP) is 4.91. The number of carbonyl (C=O) groups excluding carboxylic acids is 1. The van der Waals surface area contributed by atoms with Crippen molar-refractivity contribution in [2.75, 3.05) is 5.32 Å². The number of fused-ring (bicyclic) bond motifs is 1. The minimum Gasteiger partial charge on any atom is -0.319 e. The second-order valence-corrected chi connectivity index (χ2v) is 9.21. The first-order valence-corrected chi connectivity index (χ1v) is 11.9. The van der Waals surface area contributed by atoms with Crippen LogP contribution in [-0.2, 0) is 6.54 Å². The van der Waals surface area contributed by atoms with Crippen molar-refractivity contribution in [3.05, 3.63) is 71.9 Å². The maximum atomic E-state index is 12.9. The predicted molar refractivity (Wildman–Crippen MR) is 135 cm³/mol. The summed E-state index contributed by atoms with van der Waals surface area (Å²) in [6.45, 7) is 5.49. The Morgan fingerprint density at radius 2 is 1.94 bits per heavy atom. The van der Waals surface area contributed by atoms with Gasteiger partial charge in [0.05, 0.1) is 17.4 Å². The number of hydrogen-bond acceptors (Lipinski definition) is 6. The lowest BCUT2D eigenvalue weighted by molar-refractivity contribution is 0.0952. The van der Waals surface area contributed by atoms with Gasteiger partial charge in [0.2, 0.25) is 0 Å². The van der Waals surface area contributed by atoms with Crippen LogP contribution in [0.15, 0.2) is 55.0 Å². The molecular weight excluding hydrogens is 438 g/mol. The average Bonchev–Trinajstić information content (AvgIpc) is 3.30. The SMILES string of the molecule is C[C@@H]1CCC[C@H](C)N1Cc1cncc(-c2ccc3[nH]nc(C(=O)Nc4ccc(C#N)nc4)c3c2)c1. The van der Waals surface area contributed by atoms with Gasteiger partial charge < -0.3 is 5.32 Å². The van der Waals surface area contributed by atoms with Gasteiger partial charge in [-0.2, -0.15) is 10.4 Å². The molecule has 1 saturated heterocycles. The summed E-state index contributed by atoms with van der Waals surface area (Å²) in [6.07, 6.45) is 9.02. The van der Waals surface area contributed by atoms with Crippen molar-refractivity contribution in [2.24, 2.45) is 0 Å². The molecule has 1 aliphatic heterocycles. The van der Waals surface area contributed by atoms with E-state index in [9.17, 15) is 4.79 Å². The van der Waals surface area contributed by atoms with Crippen molar-refractivity contribution in [3.63, 3.8) is 0 Å². The molecule has 0 bridgehead atoms. The maximum Gasteiger partial charge on any atom is 0.276 e. The number of nitriles is 1. The summed E-state index contributed by atoms with van der Waals surface area (Å²) < 4.78 is 0. The van der Waals surface area contributed by atoms with Crippen LogP contribution in [0, 0.1) is 11.3 Å². The quantitative estimate of drug-likeness (QED) is 0.433. The molecule has 0 aliphatic carbocycles. The second kappa shape index (κ2) is 9.65. The van der Waals surface area contributed by atoms with Crippen molar-refractivity contribution >= 4 is 22.5 Å². The van der Waals surface area contributed by atoms with Crippen LogP contribution in [0.1, 0.15) is 54.9 Å². The molecule has 35 heavy (non-hydrogen) atoms. The minimum atomic E-state index is -0.347. The van der Waals surface area contributed by atoms with Gasteiger partial charge in [0.25, 0.3) is 5.91 Å². The smallest absolute Gasteiger partial charge is 0.276 e. The summed E-state index contributed by atoms with van der Waals surface area (Å²) in [4.78, 5) is 24.0. The van der Waals surface area contributed by atoms with Gasteiger partial charge in [0, 0.05) is 42.0 Å². The van der Waals surface area contributed by atoms with Crippen LogP contribution in [-0.4, -0.2) is 43.1 Å². The Labute approximate surface area is 204 Å². The van der Waals surface area contributed by atoms with E-state index in [0.29, 0.717) is 23.5 Å². The molecule has 0 spiro atoms. The van der Waals surface area contributed by atoms with E-state index in [1.54, 1.807) is 12.1 Å². The standard InChI is InChI=1S/C27H27N7O/c1-17-4-3-5-18(2)34(17)16-19-10-21(14-29-13-19)20-6-9-25-24(11-20)26(33-32-25)27(35)31-23-8-7-22(12-28)30-15-23/h6-11,13-15,17-18H,3-5,16H2,1-2H3,(H,31,35)(H,32,33)/t17-,18+. The van der Waals surface area contributed by atoms with E-state index in [0.717, 1.165) is 28.6 Å². The number of hydrogen-bond donors (Lipinski definition) is 2. The van der Waals surface area contributed by atoms with Gasteiger partial charge in [-0.3, -0.25) is 19.8 Å². The van der Waals surface area contributed by atoms with E-state index < -0.39 is 0 Å². The Bertz CT molecular complexity index is 1390. The van der Waals surface area contributed by atoms with E-state index in [1.165, 1.54) is 31.0 Å². The second-order valence-electron chi connectivity index (χ2n) is 9.21. The molecule has 4 aromatic rings. The molecule has 2 N–H and O–H groups in total. The number of nitrogens with zero attached hydrogens (tertiary/aromatic N) is 5. The largest absolute Gasteiger partial charge is 0.319 e. The van der Waals surface area contributed by atoms with Crippen LogP contribution in [0.3, 0.4) is 0 Å². The molecule has 8 heteroatoms. The van der Waals surface area contributed by atoms with Crippen molar-refractivity contribution in [1.29, 1.82) is 5.26 Å². The summed E-state index contributed by atoms with van der Waals surface area (Å²) in [6, 6.07) is 14.4. The molecule has 5 rings (SSSR count). The first-order valence-electron chi connectivity index (χ1n) is 11.9. The van der Waals surface area contributed by atoms with E-state index in [4.69, 9.17) is 5.26 Å². The number of carbonyl (C=O) groups is 1. The van der Waals surface area contributed by atoms with E-state index in [-0.39, 0.29) is 11.6 Å². The molecule has 0 unspecified atom stereocenters. The minimum absolute atomic E-state index is 0.290. The van der Waals surface area contributed by atoms with Crippen molar-refractivity contribution in [2.45, 2.75) is 51.7 Å². The molecular formula is C27H27N7O. The Morgan fingerprint density at radius 3 is 2.69 bits per heavy atom. The van der Waals surface area contributed by atoms with Crippen molar-refractivity contribution in [3.8, 4) is 17.2 Å². The third-order valence-electron chi connectivity index (χ3n) is 6.78. The molecule has 0 saturated carbocycles. The fourth-order valence-corrected chi connectivity index (χ4v) is 4.82. The van der Waals surface area contributed by atoms with Crippen LogP contribution in [0.2, 0.25) is 0 Å². The molecule has 2 atom stereocenters. The third-order valence-corrected chi connectivity index (χ3v) is 6.78. The van der Waals surface area contributed by atoms with Gasteiger partial charge >= 0.3 is 0 Å². The number of amides is 1. The number of piperidine rings is 1. The number of nitrogens with one attached hydrogen (secondary N) is 2. The molecule has 176 valence electrons. The molecule has 1 fully saturated rings. The Hall–Kier alpha value is -4.09. The molecule has 1 aliphatic rings. The number of aromatic amines is 1. The zero-order valence-corrected chi connectivity index (χ0v) is 19.8. The fourth-order valence-electron chi connectivity index (χ4n) is 4.82. The van der Waals surface area contributed by atoms with E-state index >= 15 is 0 Å². The Kier molecular flexibility index (Phi) is 6.25. The lowest BCUT2D eigenvalue weighted by Crippen LogP contribution is -2.42. The number of H-pyrrole nitrogens is 1. The summed E-state index contributed by atoms with van der Waals surface area (Å²) in [7, 11) is 0. The molecule has 0 radical (unpaired) electrons. The van der Waals surface area contributed by atoms with Crippen LogP contribution in [0.25, 0.3) is 22.0 Å². The average molecular weight is 466 g/mol. The van der Waals surface area contributed by atoms with Crippen LogP contribution >= 0.6 is 0 Å². The highest BCUT2D eigenvalue weighted by atomic mass is 16.1. The number of benzene rings is 1. The topological polar surface area (TPSA) is 111 Å². The highest BCUT2D eigenvalue weighted by Gasteiger charge is 2.24. The zero-order chi connectivity index (χ0) is 24.4. The van der Waals surface area contributed by atoms with Crippen LogP contribution < -0.4 is 5.32 Å². The Balaban J connectivity index is 1.40. The molecule has 1 aromatic carbocycles. The lowest BCUT2D eigenvalue weighted by atomic mass is 9.96. The fraction of sp³-hybridized carbons (Fsp3) is 0.296. The lowest BCUT2D eigenvalue weighted by Gasteiger charge is -2.39. The van der Waals surface area contributed by atoms with Gasteiger partial charge in [-0.1, -0.05) is 12.5 Å². The number of likely N-dealkylation sites (tertiary alicyclic amines) is 1. The third kappa shape index (κ3) is 4.77. The molecule has 4 heterocycles. The highest BCUT2D eigenvalue weighted by molar-refractivity contribution is 6.11. The van der Waals surface area contributed by atoms with Crippen molar-refractivity contribution < 1.29 is 4.79 Å². The monoisotopic (exact) mass is 465 g/mol. The van der Waals surface area contributed by atoms with Gasteiger partial charge in [-0.05, 0) is 68.1 Å². The summed E-state index contributed by atoms with van der Waals surface area (Å²) in [5.74, 6) is -0.347. The molecule has 1 amide bonds.